The largest absolute Gasteiger partial charge is 0.494 e. The molecule has 0 saturated carbocycles. The van der Waals surface area contributed by atoms with Gasteiger partial charge >= 0.3 is 23.9 Å². The van der Waals surface area contributed by atoms with E-state index in [2.05, 4.69) is 6.58 Å². The summed E-state index contributed by atoms with van der Waals surface area (Å²) in [5.41, 5.74) is 1.84. The van der Waals surface area contributed by atoms with Crippen LogP contribution in [0.3, 0.4) is 0 Å². The van der Waals surface area contributed by atoms with Crippen molar-refractivity contribution >= 4 is 29.6 Å². The number of rotatable bonds is 25. The summed E-state index contributed by atoms with van der Waals surface area (Å²) in [6.45, 7) is 5.81. The smallest absolute Gasteiger partial charge is 0.343 e. The summed E-state index contributed by atoms with van der Waals surface area (Å²) in [5, 5.41) is 0. The molecule has 0 aliphatic carbocycles. The fourth-order valence-corrected chi connectivity index (χ4v) is 5.38. The lowest BCUT2D eigenvalue weighted by Gasteiger charge is -2.10. The van der Waals surface area contributed by atoms with E-state index >= 15 is 0 Å². The summed E-state index contributed by atoms with van der Waals surface area (Å²) in [4.78, 5) is 50.5. The number of nitrogens with zero attached hydrogens (tertiary/aromatic N) is 2. The van der Waals surface area contributed by atoms with Gasteiger partial charge < -0.3 is 33.3 Å². The van der Waals surface area contributed by atoms with Crippen LogP contribution in [0.4, 0.5) is 5.69 Å². The zero-order valence-electron chi connectivity index (χ0n) is 32.9. The van der Waals surface area contributed by atoms with E-state index in [0.717, 1.165) is 63.1 Å². The molecule has 3 aromatic carbocycles. The zero-order chi connectivity index (χ0) is 40.7. The second-order valence-corrected chi connectivity index (χ2v) is 13.4. The summed E-state index contributed by atoms with van der Waals surface area (Å²) in [6, 6.07) is 23.7. The van der Waals surface area contributed by atoms with Crippen LogP contribution in [0.1, 0.15) is 78.5 Å². The third-order valence-corrected chi connectivity index (χ3v) is 8.68. The number of pyridine rings is 1. The maximum Gasteiger partial charge on any atom is 0.343 e. The Labute approximate surface area is 334 Å². The maximum atomic E-state index is 12.7. The summed E-state index contributed by atoms with van der Waals surface area (Å²) in [6.07, 6.45) is 12.4. The summed E-state index contributed by atoms with van der Waals surface area (Å²) < 4.78 is 34.8. The van der Waals surface area contributed by atoms with Gasteiger partial charge in [0.15, 0.2) is 18.9 Å². The number of carbonyl (C=O) groups excluding carboxylic acids is 4. The zero-order valence-corrected chi connectivity index (χ0v) is 32.9. The van der Waals surface area contributed by atoms with E-state index in [0.29, 0.717) is 73.5 Å². The molecule has 12 nitrogen and oxygen atoms in total. The average Bonchev–Trinajstić information content (AvgIpc) is 3.23. The van der Waals surface area contributed by atoms with Crippen molar-refractivity contribution in [1.29, 1.82) is 0 Å². The second-order valence-electron chi connectivity index (χ2n) is 13.4. The maximum absolute atomic E-state index is 12.7. The van der Waals surface area contributed by atoms with Gasteiger partial charge in [-0.3, -0.25) is 4.79 Å². The van der Waals surface area contributed by atoms with Crippen LogP contribution >= 0.6 is 0 Å². The summed E-state index contributed by atoms with van der Waals surface area (Å²) in [7, 11) is 3.98. The Balaban J connectivity index is 1.04. The van der Waals surface area contributed by atoms with E-state index in [1.54, 1.807) is 72.8 Å². The van der Waals surface area contributed by atoms with Gasteiger partial charge in [-0.05, 0) is 124 Å². The predicted octanol–water partition coefficient (Wildman–Crippen LogP) is 7.72. The van der Waals surface area contributed by atoms with Crippen LogP contribution in [0, 0.1) is 0 Å². The molecule has 0 saturated heterocycles. The molecule has 4 rings (SSSR count). The first kappa shape index (κ1) is 43.6. The normalized spacial score (nSPS) is 10.6. The first-order valence-corrected chi connectivity index (χ1v) is 19.3. The second kappa shape index (κ2) is 24.4. The topological polar surface area (TPSA) is 131 Å². The lowest BCUT2D eigenvalue weighted by atomic mass is 10.2. The molecule has 57 heavy (non-hydrogen) atoms. The standard InChI is InChI=1S/C45H53N2O10/c1-4-42(48)54-33-11-7-5-9-31-52-38-17-13-35(14-18-38)44(50)56-40-21-23-41(24-22-40)57-45(51)36-15-19-39(20-16-36)53-32-10-6-8-12-34-55-43(49)27-30-47-28-25-37(26-29-47)46(2)3/h4,13-26,28-29H,1,5-12,27,30-34H2,2-3H3/q+1. The summed E-state index contributed by atoms with van der Waals surface area (Å²) >= 11 is 0. The van der Waals surface area contributed by atoms with Crippen molar-refractivity contribution in [3.05, 3.63) is 121 Å². The lowest BCUT2D eigenvalue weighted by molar-refractivity contribution is -0.695. The average molecular weight is 782 g/mol. The molecule has 1 aromatic heterocycles. The Morgan fingerprint density at radius 3 is 1.42 bits per heavy atom. The van der Waals surface area contributed by atoms with Gasteiger partial charge in [0, 0.05) is 38.0 Å². The molecule has 4 aromatic rings. The van der Waals surface area contributed by atoms with Crippen LogP contribution < -0.4 is 28.4 Å². The van der Waals surface area contributed by atoms with Crippen molar-refractivity contribution in [3.8, 4) is 23.0 Å². The molecule has 0 fully saturated rings. The third-order valence-electron chi connectivity index (χ3n) is 8.68. The number of carbonyl (C=O) groups is 4. The van der Waals surface area contributed by atoms with Gasteiger partial charge in [-0.15, -0.1) is 0 Å². The molecule has 0 bridgehead atoms. The van der Waals surface area contributed by atoms with Crippen molar-refractivity contribution in [2.75, 3.05) is 45.4 Å². The van der Waals surface area contributed by atoms with Gasteiger partial charge in [0.2, 0.25) is 0 Å². The Bertz CT molecular complexity index is 1840. The number of unbranched alkanes of at least 4 members (excludes halogenated alkanes) is 6. The van der Waals surface area contributed by atoms with Gasteiger partial charge in [-0.1, -0.05) is 6.58 Å². The number of aromatic nitrogens is 1. The van der Waals surface area contributed by atoms with Crippen LogP contribution in [0.15, 0.2) is 110 Å². The van der Waals surface area contributed by atoms with E-state index in [9.17, 15) is 19.2 Å². The Morgan fingerprint density at radius 2 is 0.982 bits per heavy atom. The predicted molar refractivity (Wildman–Crippen MR) is 215 cm³/mol. The van der Waals surface area contributed by atoms with Crippen molar-refractivity contribution in [3.63, 3.8) is 0 Å². The van der Waals surface area contributed by atoms with E-state index < -0.39 is 17.9 Å². The first-order chi connectivity index (χ1) is 27.7. The number of benzene rings is 3. The Morgan fingerprint density at radius 1 is 0.561 bits per heavy atom. The molecule has 0 aliphatic heterocycles. The Kier molecular flexibility index (Phi) is 18.6. The highest BCUT2D eigenvalue weighted by atomic mass is 16.5. The van der Waals surface area contributed by atoms with E-state index in [1.807, 2.05) is 48.1 Å². The monoisotopic (exact) mass is 781 g/mol. The highest BCUT2D eigenvalue weighted by molar-refractivity contribution is 5.92. The number of ether oxygens (including phenoxy) is 6. The van der Waals surface area contributed by atoms with E-state index in [4.69, 9.17) is 28.4 Å². The molecule has 0 aliphatic rings. The number of esters is 4. The number of anilines is 1. The minimum atomic E-state index is -0.530. The SMILES string of the molecule is C=CC(=O)OCCCCCCOc1ccc(C(=O)Oc2ccc(OC(=O)c3ccc(OCCCCCCOC(=O)CC[n+]4ccc(N(C)C)cc4)cc3)cc2)cc1. The van der Waals surface area contributed by atoms with Gasteiger partial charge in [-0.2, -0.15) is 0 Å². The Hall–Kier alpha value is -6.17. The first-order valence-electron chi connectivity index (χ1n) is 19.3. The molecule has 0 unspecified atom stereocenters. The van der Waals surface area contributed by atoms with Crippen molar-refractivity contribution < 1.29 is 52.2 Å². The number of hydrogen-bond acceptors (Lipinski definition) is 11. The van der Waals surface area contributed by atoms with Crippen LogP contribution in [-0.2, 0) is 25.6 Å². The van der Waals surface area contributed by atoms with Crippen molar-refractivity contribution in [2.45, 2.75) is 64.3 Å². The van der Waals surface area contributed by atoms with Crippen LogP contribution in [0.2, 0.25) is 0 Å². The highest BCUT2D eigenvalue weighted by Gasteiger charge is 2.13. The summed E-state index contributed by atoms with van der Waals surface area (Å²) in [5.74, 6) is 0.243. The fourth-order valence-electron chi connectivity index (χ4n) is 5.38. The van der Waals surface area contributed by atoms with Gasteiger partial charge in [0.05, 0.1) is 37.6 Å². The van der Waals surface area contributed by atoms with Crippen LogP contribution in [0.25, 0.3) is 0 Å². The molecule has 1 heterocycles. The number of aryl methyl sites for hydroxylation is 1. The van der Waals surface area contributed by atoms with Gasteiger partial charge in [0.1, 0.15) is 29.4 Å². The minimum Gasteiger partial charge on any atom is -0.494 e. The minimum absolute atomic E-state index is 0.194. The molecule has 12 heteroatoms. The molecule has 0 spiro atoms. The molecular weight excluding hydrogens is 728 g/mol. The highest BCUT2D eigenvalue weighted by Crippen LogP contribution is 2.22. The number of hydrogen-bond donors (Lipinski definition) is 0. The van der Waals surface area contributed by atoms with Crippen molar-refractivity contribution in [2.24, 2.45) is 0 Å². The molecule has 0 N–H and O–H groups in total. The third kappa shape index (κ3) is 16.6. The molecule has 0 atom stereocenters. The van der Waals surface area contributed by atoms with E-state index in [-0.39, 0.29) is 5.97 Å². The van der Waals surface area contributed by atoms with Gasteiger partial charge in [-0.25, -0.2) is 19.0 Å². The lowest BCUT2D eigenvalue weighted by Crippen LogP contribution is -2.34. The molecule has 0 radical (unpaired) electrons. The van der Waals surface area contributed by atoms with Crippen molar-refractivity contribution in [1.82, 2.24) is 0 Å². The van der Waals surface area contributed by atoms with Gasteiger partial charge in [0.25, 0.3) is 0 Å². The quantitative estimate of drug-likeness (QED) is 0.0215. The molecule has 302 valence electrons. The molecule has 0 amide bonds. The van der Waals surface area contributed by atoms with E-state index in [1.165, 1.54) is 0 Å². The fraction of sp³-hybridized carbons (Fsp3) is 0.356. The van der Waals surface area contributed by atoms with Crippen LogP contribution in [-0.4, -0.2) is 64.4 Å². The molecular formula is C45H53N2O10+. The van der Waals surface area contributed by atoms with Crippen LogP contribution in [0.5, 0.6) is 23.0 Å².